The highest BCUT2D eigenvalue weighted by molar-refractivity contribution is 7.15. The van der Waals surface area contributed by atoms with Gasteiger partial charge in [0, 0.05) is 18.2 Å². The van der Waals surface area contributed by atoms with Crippen molar-refractivity contribution in [2.75, 3.05) is 19.8 Å². The van der Waals surface area contributed by atoms with Crippen molar-refractivity contribution >= 4 is 17.2 Å². The number of ether oxygens (including phenoxy) is 1. The Balaban J connectivity index is 1.46. The first-order valence-electron chi connectivity index (χ1n) is 10.7. The lowest BCUT2D eigenvalue weighted by Crippen LogP contribution is -2.56. The van der Waals surface area contributed by atoms with Gasteiger partial charge in [0.05, 0.1) is 29.8 Å². The molecule has 0 radical (unpaired) electrons. The largest absolute Gasteiger partial charge is 0.378 e. The van der Waals surface area contributed by atoms with Crippen LogP contribution in [0.25, 0.3) is 10.6 Å². The first-order chi connectivity index (χ1) is 14.0. The van der Waals surface area contributed by atoms with Crippen LogP contribution in [0.2, 0.25) is 0 Å². The first kappa shape index (κ1) is 20.5. The number of aryl methyl sites for hydroxylation is 2. The molecule has 1 aliphatic heterocycles. The van der Waals surface area contributed by atoms with Crippen LogP contribution in [0, 0.1) is 13.8 Å². The number of benzene rings is 1. The van der Waals surface area contributed by atoms with Gasteiger partial charge in [-0.05, 0) is 33.6 Å². The minimum atomic E-state index is -0.181. The van der Waals surface area contributed by atoms with Gasteiger partial charge in [-0.15, -0.1) is 11.3 Å². The molecule has 2 aliphatic rings. The maximum Gasteiger partial charge on any atom is 0.240 e. The number of nitrogens with zero attached hydrogens (tertiary/aromatic N) is 2. The fraction of sp³-hybridized carbons (Fsp3) is 0.565. The lowest BCUT2D eigenvalue weighted by molar-refractivity contribution is -0.135. The monoisotopic (exact) mass is 413 g/mol. The van der Waals surface area contributed by atoms with Crippen molar-refractivity contribution in [2.45, 2.75) is 64.6 Å². The van der Waals surface area contributed by atoms with Crippen molar-refractivity contribution in [1.29, 1.82) is 0 Å². The SMILES string of the molecule is Cc1ccc(-c2nc(C)c([C@@H](C)NC(=O)[C@H]3COCCN3C3CCCC3)s2)cc1. The van der Waals surface area contributed by atoms with Gasteiger partial charge in [0.2, 0.25) is 5.91 Å². The van der Waals surface area contributed by atoms with Gasteiger partial charge in [0.25, 0.3) is 0 Å². The molecule has 156 valence electrons. The number of aromatic nitrogens is 1. The van der Waals surface area contributed by atoms with Crippen LogP contribution in [0.5, 0.6) is 0 Å². The molecule has 1 aromatic heterocycles. The predicted molar refractivity (Wildman–Crippen MR) is 117 cm³/mol. The molecule has 1 amide bonds. The van der Waals surface area contributed by atoms with Gasteiger partial charge in [-0.25, -0.2) is 4.98 Å². The number of thiazole rings is 1. The summed E-state index contributed by atoms with van der Waals surface area (Å²) in [5.74, 6) is 0.0776. The molecule has 0 bridgehead atoms. The topological polar surface area (TPSA) is 54.5 Å². The Morgan fingerprint density at radius 2 is 1.97 bits per heavy atom. The number of carbonyl (C=O) groups excluding carboxylic acids is 1. The van der Waals surface area contributed by atoms with E-state index in [1.165, 1.54) is 31.2 Å². The molecular formula is C23H31N3O2S. The van der Waals surface area contributed by atoms with E-state index in [9.17, 15) is 4.79 Å². The average Bonchev–Trinajstić information content (AvgIpc) is 3.38. The Morgan fingerprint density at radius 1 is 1.24 bits per heavy atom. The van der Waals surface area contributed by atoms with E-state index in [4.69, 9.17) is 9.72 Å². The summed E-state index contributed by atoms with van der Waals surface area (Å²) in [4.78, 5) is 21.4. The fourth-order valence-corrected chi connectivity index (χ4v) is 5.59. The summed E-state index contributed by atoms with van der Waals surface area (Å²) >= 11 is 1.67. The quantitative estimate of drug-likeness (QED) is 0.796. The maximum atomic E-state index is 13.1. The number of rotatable bonds is 5. The van der Waals surface area contributed by atoms with Crippen LogP contribution in [0.3, 0.4) is 0 Å². The van der Waals surface area contributed by atoms with E-state index in [2.05, 4.69) is 48.3 Å². The molecule has 2 aromatic rings. The molecule has 1 saturated heterocycles. The smallest absolute Gasteiger partial charge is 0.240 e. The lowest BCUT2D eigenvalue weighted by Gasteiger charge is -2.39. The predicted octanol–water partition coefficient (Wildman–Crippen LogP) is 4.25. The zero-order valence-corrected chi connectivity index (χ0v) is 18.4. The second kappa shape index (κ2) is 8.94. The number of hydrogen-bond donors (Lipinski definition) is 1. The molecule has 2 heterocycles. The van der Waals surface area contributed by atoms with E-state index in [-0.39, 0.29) is 18.0 Å². The van der Waals surface area contributed by atoms with Gasteiger partial charge in [-0.3, -0.25) is 9.69 Å². The lowest BCUT2D eigenvalue weighted by atomic mass is 10.1. The zero-order chi connectivity index (χ0) is 20.4. The fourth-order valence-electron chi connectivity index (χ4n) is 4.52. The molecule has 1 aliphatic carbocycles. The van der Waals surface area contributed by atoms with E-state index < -0.39 is 0 Å². The van der Waals surface area contributed by atoms with Gasteiger partial charge in [0.1, 0.15) is 11.0 Å². The zero-order valence-electron chi connectivity index (χ0n) is 17.6. The van der Waals surface area contributed by atoms with Crippen molar-refractivity contribution in [1.82, 2.24) is 15.2 Å². The molecule has 2 fully saturated rings. The van der Waals surface area contributed by atoms with Crippen molar-refractivity contribution in [3.63, 3.8) is 0 Å². The highest BCUT2D eigenvalue weighted by atomic mass is 32.1. The normalized spacial score (nSPS) is 22.0. The highest BCUT2D eigenvalue weighted by Crippen LogP contribution is 2.32. The third-order valence-electron chi connectivity index (χ3n) is 6.15. The molecule has 2 atom stereocenters. The Kier molecular flexibility index (Phi) is 6.32. The van der Waals surface area contributed by atoms with Crippen LogP contribution in [0.4, 0.5) is 0 Å². The molecule has 29 heavy (non-hydrogen) atoms. The van der Waals surface area contributed by atoms with Gasteiger partial charge in [-0.2, -0.15) is 0 Å². The first-order valence-corrected chi connectivity index (χ1v) is 11.5. The number of morpholine rings is 1. The van der Waals surface area contributed by atoms with E-state index in [1.807, 2.05) is 6.92 Å². The summed E-state index contributed by atoms with van der Waals surface area (Å²) in [7, 11) is 0. The standard InChI is InChI=1S/C23H31N3O2S/c1-15-8-10-18(11-9-15)23-25-17(3)21(29-23)16(2)24-22(27)20-14-28-13-12-26(20)19-6-4-5-7-19/h8-11,16,19-20H,4-7,12-14H2,1-3H3,(H,24,27)/t16-,20-/m1/s1. The summed E-state index contributed by atoms with van der Waals surface area (Å²) in [5.41, 5.74) is 3.36. The Morgan fingerprint density at radius 3 is 2.69 bits per heavy atom. The van der Waals surface area contributed by atoms with Crippen LogP contribution in [-0.4, -0.2) is 47.6 Å². The minimum Gasteiger partial charge on any atom is -0.378 e. The van der Waals surface area contributed by atoms with Crippen LogP contribution in [-0.2, 0) is 9.53 Å². The summed E-state index contributed by atoms with van der Waals surface area (Å²) in [6, 6.07) is 8.72. The van der Waals surface area contributed by atoms with E-state index in [1.54, 1.807) is 11.3 Å². The van der Waals surface area contributed by atoms with E-state index in [0.29, 0.717) is 12.6 Å². The summed E-state index contributed by atoms with van der Waals surface area (Å²) in [6.07, 6.45) is 4.95. The van der Waals surface area contributed by atoms with Crippen LogP contribution in [0.1, 0.15) is 54.8 Å². The van der Waals surface area contributed by atoms with Crippen molar-refractivity contribution in [3.05, 3.63) is 40.4 Å². The Hall–Kier alpha value is -1.76. The highest BCUT2D eigenvalue weighted by Gasteiger charge is 2.36. The van der Waals surface area contributed by atoms with E-state index >= 15 is 0 Å². The molecular weight excluding hydrogens is 382 g/mol. The minimum absolute atomic E-state index is 0.0634. The van der Waals surface area contributed by atoms with Crippen molar-refractivity contribution < 1.29 is 9.53 Å². The van der Waals surface area contributed by atoms with Crippen molar-refractivity contribution in [2.24, 2.45) is 0 Å². The van der Waals surface area contributed by atoms with E-state index in [0.717, 1.165) is 34.3 Å². The molecule has 0 unspecified atom stereocenters. The molecule has 4 rings (SSSR count). The van der Waals surface area contributed by atoms with Crippen LogP contribution >= 0.6 is 11.3 Å². The number of carbonyl (C=O) groups is 1. The average molecular weight is 414 g/mol. The molecule has 5 nitrogen and oxygen atoms in total. The number of amides is 1. The second-order valence-electron chi connectivity index (χ2n) is 8.33. The van der Waals surface area contributed by atoms with Crippen LogP contribution < -0.4 is 5.32 Å². The summed E-state index contributed by atoms with van der Waals surface area (Å²) in [5, 5.41) is 4.25. The van der Waals surface area contributed by atoms with Crippen molar-refractivity contribution in [3.8, 4) is 10.6 Å². The molecule has 1 saturated carbocycles. The molecule has 1 N–H and O–H groups in total. The molecule has 0 spiro atoms. The Bertz CT molecular complexity index is 842. The third kappa shape index (κ3) is 4.55. The third-order valence-corrected chi connectivity index (χ3v) is 7.54. The summed E-state index contributed by atoms with van der Waals surface area (Å²) < 4.78 is 5.66. The van der Waals surface area contributed by atoms with Gasteiger partial charge < -0.3 is 10.1 Å². The molecule has 6 heteroatoms. The van der Waals surface area contributed by atoms with Gasteiger partial charge >= 0.3 is 0 Å². The Labute approximate surface area is 177 Å². The van der Waals surface area contributed by atoms with Crippen LogP contribution in [0.15, 0.2) is 24.3 Å². The number of nitrogens with one attached hydrogen (secondary N) is 1. The van der Waals surface area contributed by atoms with Gasteiger partial charge in [-0.1, -0.05) is 42.7 Å². The molecule has 1 aromatic carbocycles. The van der Waals surface area contributed by atoms with Gasteiger partial charge in [0.15, 0.2) is 0 Å². The maximum absolute atomic E-state index is 13.1. The second-order valence-corrected chi connectivity index (χ2v) is 9.36. The summed E-state index contributed by atoms with van der Waals surface area (Å²) in [6.45, 7) is 8.24. The number of hydrogen-bond acceptors (Lipinski definition) is 5.